The minimum atomic E-state index is -1.00. The van der Waals surface area contributed by atoms with Crippen LogP contribution in [0.5, 0.6) is 0 Å². The van der Waals surface area contributed by atoms with Crippen LogP contribution in [-0.2, 0) is 14.3 Å². The molecule has 2 unspecified atom stereocenters. The normalized spacial score (nSPS) is 13.5. The van der Waals surface area contributed by atoms with Crippen molar-refractivity contribution in [3.63, 3.8) is 0 Å². The third kappa shape index (κ3) is 9.55. The van der Waals surface area contributed by atoms with E-state index in [0.29, 0.717) is 6.42 Å². The van der Waals surface area contributed by atoms with E-state index < -0.39 is 24.0 Å². The van der Waals surface area contributed by atoms with Gasteiger partial charge in [-0.3, -0.25) is 9.59 Å². The first kappa shape index (κ1) is 18.6. The van der Waals surface area contributed by atoms with Gasteiger partial charge in [0, 0.05) is 0 Å². The van der Waals surface area contributed by atoms with Gasteiger partial charge in [-0.25, -0.2) is 0 Å². The predicted octanol–water partition coefficient (Wildman–Crippen LogP) is 2.53. The van der Waals surface area contributed by atoms with Gasteiger partial charge in [0.1, 0.15) is 6.10 Å². The molecule has 0 aromatic rings. The highest BCUT2D eigenvalue weighted by Gasteiger charge is 2.24. The summed E-state index contributed by atoms with van der Waals surface area (Å²) in [5.41, 5.74) is 0. The number of carbonyl (C=O) groups is 2. The maximum Gasteiger partial charge on any atom is 0.309 e. The van der Waals surface area contributed by atoms with Crippen molar-refractivity contribution in [2.24, 2.45) is 5.92 Å². The Morgan fingerprint density at radius 1 is 1.25 bits per heavy atom. The van der Waals surface area contributed by atoms with E-state index in [9.17, 15) is 9.59 Å². The monoisotopic (exact) mass is 286 g/mol. The molecule has 0 saturated heterocycles. The number of allylic oxidation sites excluding steroid dienone is 1. The predicted molar refractivity (Wildman–Crippen MR) is 76.3 cm³/mol. The molecule has 2 atom stereocenters. The molecule has 20 heavy (non-hydrogen) atoms. The SMILES string of the molecule is C=CCCCCCCC(CC(=O)O)C(=O)OC(C)CO. The van der Waals surface area contributed by atoms with Crippen molar-refractivity contribution in [2.75, 3.05) is 6.61 Å². The summed E-state index contributed by atoms with van der Waals surface area (Å²) in [5, 5.41) is 17.7. The fraction of sp³-hybridized carbons (Fsp3) is 0.733. The van der Waals surface area contributed by atoms with E-state index in [4.69, 9.17) is 14.9 Å². The Balaban J connectivity index is 4.10. The number of aliphatic carboxylic acids is 1. The summed E-state index contributed by atoms with van der Waals surface area (Å²) in [6, 6.07) is 0. The second-order valence-corrected chi connectivity index (χ2v) is 5.01. The van der Waals surface area contributed by atoms with E-state index in [0.717, 1.165) is 32.1 Å². The lowest BCUT2D eigenvalue weighted by molar-refractivity contribution is -0.158. The molecule has 5 heteroatoms. The Morgan fingerprint density at radius 3 is 2.45 bits per heavy atom. The van der Waals surface area contributed by atoms with E-state index in [1.165, 1.54) is 0 Å². The molecule has 0 aliphatic carbocycles. The fourth-order valence-corrected chi connectivity index (χ4v) is 1.88. The van der Waals surface area contributed by atoms with Gasteiger partial charge in [0.15, 0.2) is 0 Å². The molecule has 0 rings (SSSR count). The number of esters is 1. The van der Waals surface area contributed by atoms with E-state index in [1.54, 1.807) is 6.92 Å². The molecule has 0 aliphatic rings. The summed E-state index contributed by atoms with van der Waals surface area (Å²) in [7, 11) is 0. The van der Waals surface area contributed by atoms with Crippen molar-refractivity contribution in [1.29, 1.82) is 0 Å². The van der Waals surface area contributed by atoms with Gasteiger partial charge in [0.2, 0.25) is 0 Å². The Kier molecular flexibility index (Phi) is 10.7. The highest BCUT2D eigenvalue weighted by Crippen LogP contribution is 2.17. The Hall–Kier alpha value is -1.36. The summed E-state index contributed by atoms with van der Waals surface area (Å²) in [6.07, 6.45) is 6.44. The number of unbranched alkanes of at least 4 members (excludes halogenated alkanes) is 4. The molecular weight excluding hydrogens is 260 g/mol. The van der Waals surface area contributed by atoms with Gasteiger partial charge in [0.05, 0.1) is 18.9 Å². The molecule has 0 saturated carbocycles. The Bertz CT molecular complexity index is 301. The van der Waals surface area contributed by atoms with Crippen LogP contribution < -0.4 is 0 Å². The van der Waals surface area contributed by atoms with Crippen LogP contribution in [0.25, 0.3) is 0 Å². The van der Waals surface area contributed by atoms with E-state index >= 15 is 0 Å². The minimum absolute atomic E-state index is 0.219. The Labute approximate surface area is 120 Å². The maximum atomic E-state index is 11.8. The first-order valence-electron chi connectivity index (χ1n) is 7.15. The lowest BCUT2D eigenvalue weighted by Crippen LogP contribution is -2.26. The van der Waals surface area contributed by atoms with Gasteiger partial charge in [-0.05, 0) is 26.2 Å². The largest absolute Gasteiger partial charge is 0.481 e. The molecule has 0 bridgehead atoms. The van der Waals surface area contributed by atoms with Gasteiger partial charge < -0.3 is 14.9 Å². The highest BCUT2D eigenvalue weighted by atomic mass is 16.6. The van der Waals surface area contributed by atoms with Gasteiger partial charge in [-0.1, -0.05) is 25.3 Å². The van der Waals surface area contributed by atoms with Crippen LogP contribution in [0.1, 0.15) is 51.9 Å². The lowest BCUT2D eigenvalue weighted by Gasteiger charge is -2.17. The van der Waals surface area contributed by atoms with Crippen molar-refractivity contribution < 1.29 is 24.5 Å². The number of rotatable bonds is 12. The number of carboxylic acid groups (broad SMARTS) is 1. The highest BCUT2D eigenvalue weighted by molar-refractivity contribution is 5.79. The molecule has 116 valence electrons. The van der Waals surface area contributed by atoms with Crippen LogP contribution >= 0.6 is 0 Å². The zero-order valence-electron chi connectivity index (χ0n) is 12.2. The number of aliphatic hydroxyl groups is 1. The number of aliphatic hydroxyl groups excluding tert-OH is 1. The zero-order valence-corrected chi connectivity index (χ0v) is 12.2. The van der Waals surface area contributed by atoms with Gasteiger partial charge in [-0.15, -0.1) is 6.58 Å². The van der Waals surface area contributed by atoms with Crippen LogP contribution in [0, 0.1) is 5.92 Å². The number of ether oxygens (including phenoxy) is 1. The van der Waals surface area contributed by atoms with Crippen LogP contribution in [0.2, 0.25) is 0 Å². The van der Waals surface area contributed by atoms with Gasteiger partial charge >= 0.3 is 11.9 Å². The van der Waals surface area contributed by atoms with E-state index in [2.05, 4.69) is 6.58 Å². The summed E-state index contributed by atoms with van der Waals surface area (Å²) < 4.78 is 4.99. The number of hydrogen-bond acceptors (Lipinski definition) is 4. The summed E-state index contributed by atoms with van der Waals surface area (Å²) in [5.74, 6) is -2.16. The molecule has 2 N–H and O–H groups in total. The van der Waals surface area contributed by atoms with Crippen LogP contribution in [0.3, 0.4) is 0 Å². The number of carbonyl (C=O) groups excluding carboxylic acids is 1. The molecule has 0 aromatic carbocycles. The first-order valence-corrected chi connectivity index (χ1v) is 7.15. The summed E-state index contributed by atoms with van der Waals surface area (Å²) in [6.45, 7) is 4.97. The third-order valence-corrected chi connectivity index (χ3v) is 3.04. The first-order chi connectivity index (χ1) is 9.51. The van der Waals surface area contributed by atoms with Crippen molar-refractivity contribution in [2.45, 2.75) is 58.0 Å². The average molecular weight is 286 g/mol. The number of hydrogen-bond donors (Lipinski definition) is 2. The van der Waals surface area contributed by atoms with Crippen molar-refractivity contribution in [1.82, 2.24) is 0 Å². The van der Waals surface area contributed by atoms with Crippen LogP contribution in [-0.4, -0.2) is 34.9 Å². The van der Waals surface area contributed by atoms with E-state index in [-0.39, 0.29) is 13.0 Å². The average Bonchev–Trinajstić information content (AvgIpc) is 2.40. The molecular formula is C15H26O5. The molecule has 0 aromatic heterocycles. The number of carboxylic acids is 1. The van der Waals surface area contributed by atoms with Crippen LogP contribution in [0.15, 0.2) is 12.7 Å². The maximum absolute atomic E-state index is 11.8. The molecule has 0 spiro atoms. The minimum Gasteiger partial charge on any atom is -0.481 e. The van der Waals surface area contributed by atoms with Crippen molar-refractivity contribution >= 4 is 11.9 Å². The second-order valence-electron chi connectivity index (χ2n) is 5.01. The standard InChI is InChI=1S/C15H26O5/c1-3-4-5-6-7-8-9-13(10-14(17)18)15(19)20-12(2)11-16/h3,12-13,16H,1,4-11H2,2H3,(H,17,18). The van der Waals surface area contributed by atoms with E-state index in [1.807, 2.05) is 6.08 Å². The summed E-state index contributed by atoms with van der Waals surface area (Å²) in [4.78, 5) is 22.6. The quantitative estimate of drug-likeness (QED) is 0.327. The molecule has 0 fully saturated rings. The van der Waals surface area contributed by atoms with Crippen LogP contribution in [0.4, 0.5) is 0 Å². The second kappa shape index (κ2) is 11.5. The fourth-order valence-electron chi connectivity index (χ4n) is 1.88. The van der Waals surface area contributed by atoms with Gasteiger partial charge in [-0.2, -0.15) is 0 Å². The molecule has 0 aliphatic heterocycles. The van der Waals surface area contributed by atoms with Crippen molar-refractivity contribution in [3.05, 3.63) is 12.7 Å². The lowest BCUT2D eigenvalue weighted by atomic mass is 9.97. The molecule has 0 amide bonds. The summed E-state index contributed by atoms with van der Waals surface area (Å²) >= 11 is 0. The van der Waals surface area contributed by atoms with Crippen molar-refractivity contribution in [3.8, 4) is 0 Å². The topological polar surface area (TPSA) is 83.8 Å². The molecule has 0 radical (unpaired) electrons. The smallest absolute Gasteiger partial charge is 0.309 e. The molecule has 0 heterocycles. The molecule has 5 nitrogen and oxygen atoms in total. The third-order valence-electron chi connectivity index (χ3n) is 3.04. The Morgan fingerprint density at radius 2 is 1.90 bits per heavy atom. The van der Waals surface area contributed by atoms with Gasteiger partial charge in [0.25, 0.3) is 0 Å². The zero-order chi connectivity index (χ0) is 15.4.